The van der Waals surface area contributed by atoms with Gasteiger partial charge in [0.15, 0.2) is 0 Å². The van der Waals surface area contributed by atoms with Crippen LogP contribution < -0.4 is 9.64 Å². The summed E-state index contributed by atoms with van der Waals surface area (Å²) in [6.07, 6.45) is 0. The van der Waals surface area contributed by atoms with Gasteiger partial charge in [-0.1, -0.05) is 68.4 Å². The number of hydrogen-bond acceptors (Lipinski definition) is 4. The molecular weight excluding hydrogens is 424 g/mol. The number of imide groups is 1. The summed E-state index contributed by atoms with van der Waals surface area (Å²) in [7, 11) is 1.60. The van der Waals surface area contributed by atoms with Gasteiger partial charge in [-0.05, 0) is 53.8 Å². The third-order valence-electron chi connectivity index (χ3n) is 6.17. The molecular formula is C29H30N2O3. The summed E-state index contributed by atoms with van der Waals surface area (Å²) in [5, 5.41) is 0. The van der Waals surface area contributed by atoms with Crippen molar-refractivity contribution in [2.75, 3.05) is 18.6 Å². The Balaban J connectivity index is 1.79. The average Bonchev–Trinajstić information content (AvgIpc) is 3.12. The van der Waals surface area contributed by atoms with Crippen molar-refractivity contribution in [3.8, 4) is 5.75 Å². The first-order valence-corrected chi connectivity index (χ1v) is 11.6. The van der Waals surface area contributed by atoms with Gasteiger partial charge in [-0.3, -0.25) is 9.59 Å². The molecule has 0 radical (unpaired) electrons. The summed E-state index contributed by atoms with van der Waals surface area (Å²) in [6.45, 7) is 7.35. The van der Waals surface area contributed by atoms with E-state index in [1.54, 1.807) is 7.11 Å². The van der Waals surface area contributed by atoms with E-state index in [1.807, 2.05) is 90.7 Å². The topological polar surface area (TPSA) is 49.9 Å². The first kappa shape index (κ1) is 23.3. The average molecular weight is 455 g/mol. The minimum atomic E-state index is -0.311. The molecule has 4 rings (SSSR count). The summed E-state index contributed by atoms with van der Waals surface area (Å²) in [5.41, 5.74) is 4.35. The molecule has 0 aliphatic carbocycles. The highest BCUT2D eigenvalue weighted by molar-refractivity contribution is 6.45. The first-order chi connectivity index (χ1) is 16.4. The zero-order valence-corrected chi connectivity index (χ0v) is 20.1. The van der Waals surface area contributed by atoms with Gasteiger partial charge in [0.05, 0.1) is 18.4 Å². The predicted molar refractivity (Wildman–Crippen MR) is 135 cm³/mol. The maximum absolute atomic E-state index is 13.8. The van der Waals surface area contributed by atoms with Crippen LogP contribution in [0.1, 0.15) is 43.4 Å². The number of carbonyl (C=O) groups excluding carboxylic acids is 2. The number of anilines is 1. The first-order valence-electron chi connectivity index (χ1n) is 11.6. The summed E-state index contributed by atoms with van der Waals surface area (Å²) in [4.78, 5) is 30.9. The Morgan fingerprint density at radius 3 is 2.06 bits per heavy atom. The molecule has 2 amide bonds. The van der Waals surface area contributed by atoms with Crippen LogP contribution in [0.5, 0.6) is 5.75 Å². The fourth-order valence-electron chi connectivity index (χ4n) is 4.22. The van der Waals surface area contributed by atoms with Crippen molar-refractivity contribution in [3.63, 3.8) is 0 Å². The fourth-order valence-corrected chi connectivity index (χ4v) is 4.22. The second kappa shape index (κ2) is 9.96. The van der Waals surface area contributed by atoms with Crippen LogP contribution >= 0.6 is 0 Å². The summed E-state index contributed by atoms with van der Waals surface area (Å²) < 4.78 is 5.29. The monoisotopic (exact) mass is 454 g/mol. The largest absolute Gasteiger partial charge is 0.497 e. The van der Waals surface area contributed by atoms with E-state index < -0.39 is 0 Å². The normalized spacial score (nSPS) is 13.7. The van der Waals surface area contributed by atoms with E-state index in [4.69, 9.17) is 4.74 Å². The number of carbonyl (C=O) groups is 2. The molecule has 1 aliphatic rings. The van der Waals surface area contributed by atoms with Gasteiger partial charge in [-0.15, -0.1) is 0 Å². The van der Waals surface area contributed by atoms with Crippen LogP contribution in [0.3, 0.4) is 0 Å². The van der Waals surface area contributed by atoms with Crippen molar-refractivity contribution in [1.82, 2.24) is 4.90 Å². The van der Waals surface area contributed by atoms with Gasteiger partial charge in [0.1, 0.15) is 11.4 Å². The Hall–Kier alpha value is -3.86. The van der Waals surface area contributed by atoms with Crippen LogP contribution in [0.4, 0.5) is 5.69 Å². The molecule has 34 heavy (non-hydrogen) atoms. The van der Waals surface area contributed by atoms with Crippen molar-refractivity contribution in [3.05, 3.63) is 101 Å². The lowest BCUT2D eigenvalue weighted by atomic mass is 10.0. The molecule has 5 heteroatoms. The summed E-state index contributed by atoms with van der Waals surface area (Å²) in [5.74, 6) is 0.448. The molecule has 0 N–H and O–H groups in total. The SMILES string of the molecule is CCN(Cc1ccccc1)C1=C(c2ccc(OC)cc2)C(=O)N(c2ccc(C(C)C)cc2)C1=O. The van der Waals surface area contributed by atoms with Gasteiger partial charge < -0.3 is 9.64 Å². The van der Waals surface area contributed by atoms with Crippen LogP contribution in [0.25, 0.3) is 5.57 Å². The van der Waals surface area contributed by atoms with Crippen molar-refractivity contribution < 1.29 is 14.3 Å². The minimum Gasteiger partial charge on any atom is -0.497 e. The van der Waals surface area contributed by atoms with Crippen molar-refractivity contribution in [1.29, 1.82) is 0 Å². The fraction of sp³-hybridized carbons (Fsp3) is 0.241. The number of likely N-dealkylation sites (N-methyl/N-ethyl adjacent to an activating group) is 1. The van der Waals surface area contributed by atoms with Crippen LogP contribution in [0.15, 0.2) is 84.6 Å². The van der Waals surface area contributed by atoms with Gasteiger partial charge in [0.25, 0.3) is 11.8 Å². The Morgan fingerprint density at radius 1 is 0.853 bits per heavy atom. The summed E-state index contributed by atoms with van der Waals surface area (Å²) in [6, 6.07) is 24.9. The van der Waals surface area contributed by atoms with Gasteiger partial charge >= 0.3 is 0 Å². The molecule has 174 valence electrons. The lowest BCUT2D eigenvalue weighted by molar-refractivity contribution is -0.120. The number of benzene rings is 3. The standard InChI is InChI=1S/C29H30N2O3/c1-5-30(19-21-9-7-6-8-10-21)27-26(23-13-17-25(34-4)18-14-23)28(32)31(29(27)33)24-15-11-22(12-16-24)20(2)3/h6-18,20H,5,19H2,1-4H3. The molecule has 0 saturated carbocycles. The molecule has 5 nitrogen and oxygen atoms in total. The molecule has 1 aliphatic heterocycles. The highest BCUT2D eigenvalue weighted by atomic mass is 16.5. The van der Waals surface area contributed by atoms with Crippen LogP contribution in [0.2, 0.25) is 0 Å². The zero-order valence-electron chi connectivity index (χ0n) is 20.1. The highest BCUT2D eigenvalue weighted by Crippen LogP contribution is 2.36. The van der Waals surface area contributed by atoms with Gasteiger partial charge in [-0.25, -0.2) is 4.90 Å². The number of methoxy groups -OCH3 is 1. The van der Waals surface area contributed by atoms with E-state index in [0.717, 1.165) is 11.1 Å². The molecule has 3 aromatic carbocycles. The quantitative estimate of drug-likeness (QED) is 0.414. The Bertz CT molecular complexity index is 1200. The molecule has 0 saturated heterocycles. The minimum absolute atomic E-state index is 0.300. The van der Waals surface area contributed by atoms with Crippen molar-refractivity contribution in [2.24, 2.45) is 0 Å². The second-order valence-electron chi connectivity index (χ2n) is 8.64. The second-order valence-corrected chi connectivity index (χ2v) is 8.64. The van der Waals surface area contributed by atoms with Gasteiger partial charge in [0.2, 0.25) is 0 Å². The van der Waals surface area contributed by atoms with E-state index in [-0.39, 0.29) is 11.8 Å². The lowest BCUT2D eigenvalue weighted by Crippen LogP contribution is -2.35. The number of rotatable bonds is 8. The molecule has 0 aromatic heterocycles. The number of ether oxygens (including phenoxy) is 1. The van der Waals surface area contributed by atoms with Gasteiger partial charge in [0, 0.05) is 13.1 Å². The van der Waals surface area contributed by atoms with E-state index in [9.17, 15) is 9.59 Å². The van der Waals surface area contributed by atoms with Crippen LogP contribution in [-0.2, 0) is 16.1 Å². The molecule has 3 aromatic rings. The number of nitrogens with zero attached hydrogens (tertiary/aromatic N) is 2. The van der Waals surface area contributed by atoms with Crippen molar-refractivity contribution in [2.45, 2.75) is 33.2 Å². The Morgan fingerprint density at radius 2 is 1.50 bits per heavy atom. The van der Waals surface area contributed by atoms with Crippen LogP contribution in [0, 0.1) is 0 Å². The smallest absolute Gasteiger partial charge is 0.282 e. The van der Waals surface area contributed by atoms with Gasteiger partial charge in [-0.2, -0.15) is 0 Å². The van der Waals surface area contributed by atoms with Crippen molar-refractivity contribution >= 4 is 23.1 Å². The lowest BCUT2D eigenvalue weighted by Gasteiger charge is -2.25. The molecule has 0 spiro atoms. The number of amides is 2. The maximum Gasteiger partial charge on any atom is 0.282 e. The number of hydrogen-bond donors (Lipinski definition) is 0. The van der Waals surface area contributed by atoms with E-state index in [0.29, 0.717) is 47.3 Å². The maximum atomic E-state index is 13.8. The Labute approximate surface area is 201 Å². The third kappa shape index (κ3) is 4.46. The van der Waals surface area contributed by atoms with Crippen LogP contribution in [-0.4, -0.2) is 30.4 Å². The molecule has 0 fully saturated rings. The predicted octanol–water partition coefficient (Wildman–Crippen LogP) is 5.63. The molecule has 0 bridgehead atoms. The summed E-state index contributed by atoms with van der Waals surface area (Å²) >= 11 is 0. The Kier molecular flexibility index (Phi) is 6.82. The molecule has 0 atom stereocenters. The molecule has 1 heterocycles. The third-order valence-corrected chi connectivity index (χ3v) is 6.17. The van der Waals surface area contributed by atoms with E-state index in [1.165, 1.54) is 4.90 Å². The van der Waals surface area contributed by atoms with E-state index in [2.05, 4.69) is 13.8 Å². The highest BCUT2D eigenvalue weighted by Gasteiger charge is 2.42. The van der Waals surface area contributed by atoms with E-state index >= 15 is 0 Å². The zero-order chi connectivity index (χ0) is 24.2. The molecule has 0 unspecified atom stereocenters.